The maximum absolute atomic E-state index is 13.8. The first kappa shape index (κ1) is 28.0. The SMILES string of the molecule is Cc1nc(N2CCC3(CC2)Cc2ccccc2[C@H]3N[S+]([O-])C(C)(C)C)n2ccnc2c1-c1cccnc1C(F)(F)F. The van der Waals surface area contributed by atoms with Crippen LogP contribution < -0.4 is 9.62 Å². The van der Waals surface area contributed by atoms with Crippen LogP contribution in [0.4, 0.5) is 19.1 Å². The number of rotatable bonds is 4. The van der Waals surface area contributed by atoms with Gasteiger partial charge in [-0.25, -0.2) is 9.97 Å². The average molecular weight is 583 g/mol. The fraction of sp³-hybridized carbons (Fsp3) is 0.433. The van der Waals surface area contributed by atoms with E-state index in [2.05, 4.69) is 37.8 Å². The average Bonchev–Trinajstić information content (AvgIpc) is 3.51. The minimum absolute atomic E-state index is 0.0300. The molecule has 1 aliphatic heterocycles. The molecule has 0 radical (unpaired) electrons. The van der Waals surface area contributed by atoms with Crippen LogP contribution in [-0.4, -0.2) is 41.7 Å². The van der Waals surface area contributed by atoms with Crippen LogP contribution in [0.15, 0.2) is 55.0 Å². The lowest BCUT2D eigenvalue weighted by atomic mass is 9.73. The maximum atomic E-state index is 13.8. The van der Waals surface area contributed by atoms with Crippen molar-refractivity contribution in [1.29, 1.82) is 0 Å². The fourth-order valence-electron chi connectivity index (χ4n) is 6.32. The van der Waals surface area contributed by atoms with Gasteiger partial charge in [0.1, 0.15) is 10.4 Å². The molecule has 11 heteroatoms. The third-order valence-electron chi connectivity index (χ3n) is 8.40. The summed E-state index contributed by atoms with van der Waals surface area (Å²) >= 11 is -1.23. The van der Waals surface area contributed by atoms with Gasteiger partial charge in [0, 0.05) is 59.6 Å². The number of piperidine rings is 1. The number of alkyl halides is 3. The number of halogens is 3. The number of hydrogen-bond acceptors (Lipinski definition) is 6. The number of imidazole rings is 1. The van der Waals surface area contributed by atoms with Gasteiger partial charge < -0.3 is 9.45 Å². The van der Waals surface area contributed by atoms with Gasteiger partial charge in [0.2, 0.25) is 5.95 Å². The zero-order valence-electron chi connectivity index (χ0n) is 23.5. The Morgan fingerprint density at radius 1 is 1.02 bits per heavy atom. The van der Waals surface area contributed by atoms with Crippen LogP contribution >= 0.6 is 0 Å². The van der Waals surface area contributed by atoms with Gasteiger partial charge in [-0.3, -0.25) is 9.38 Å². The first-order valence-electron chi connectivity index (χ1n) is 13.8. The van der Waals surface area contributed by atoms with E-state index in [4.69, 9.17) is 4.98 Å². The Bertz CT molecular complexity index is 1590. The van der Waals surface area contributed by atoms with Crippen molar-refractivity contribution in [3.05, 3.63) is 77.5 Å². The summed E-state index contributed by atoms with van der Waals surface area (Å²) < 4.78 is 59.6. The van der Waals surface area contributed by atoms with Crippen molar-refractivity contribution in [3.63, 3.8) is 0 Å². The molecule has 0 saturated carbocycles. The van der Waals surface area contributed by atoms with E-state index >= 15 is 0 Å². The summed E-state index contributed by atoms with van der Waals surface area (Å²) in [6.45, 7) is 9.06. The zero-order valence-corrected chi connectivity index (χ0v) is 24.3. The van der Waals surface area contributed by atoms with Crippen molar-refractivity contribution in [3.8, 4) is 11.1 Å². The van der Waals surface area contributed by atoms with Gasteiger partial charge in [0.15, 0.2) is 5.69 Å². The predicted molar refractivity (Wildman–Crippen MR) is 154 cm³/mol. The fourth-order valence-corrected chi connectivity index (χ4v) is 7.27. The van der Waals surface area contributed by atoms with E-state index in [1.807, 2.05) is 26.8 Å². The quantitative estimate of drug-likeness (QED) is 0.295. The molecule has 1 N–H and O–H groups in total. The third kappa shape index (κ3) is 4.87. The van der Waals surface area contributed by atoms with E-state index < -0.39 is 28.0 Å². The molecule has 1 spiro atoms. The largest absolute Gasteiger partial charge is 0.598 e. The second kappa shape index (κ2) is 9.99. The molecule has 4 aromatic rings. The van der Waals surface area contributed by atoms with Crippen molar-refractivity contribution < 1.29 is 17.7 Å². The van der Waals surface area contributed by atoms with E-state index in [0.717, 1.165) is 25.5 Å². The number of hydrogen-bond donors (Lipinski definition) is 1. The molecule has 2 aliphatic rings. The third-order valence-corrected chi connectivity index (χ3v) is 9.96. The molecule has 3 aromatic heterocycles. The Labute approximate surface area is 240 Å². The summed E-state index contributed by atoms with van der Waals surface area (Å²) in [5.41, 5.74) is 2.63. The highest BCUT2D eigenvalue weighted by atomic mass is 32.2. The number of nitrogens with zero attached hydrogens (tertiary/aromatic N) is 5. The highest BCUT2D eigenvalue weighted by molar-refractivity contribution is 7.90. The second-order valence-electron chi connectivity index (χ2n) is 12.0. The Morgan fingerprint density at radius 3 is 2.46 bits per heavy atom. The summed E-state index contributed by atoms with van der Waals surface area (Å²) in [7, 11) is 0. The normalized spacial score (nSPS) is 19.6. The number of anilines is 1. The molecule has 2 atom stereocenters. The predicted octanol–water partition coefficient (Wildman–Crippen LogP) is 6.05. The Hall–Kier alpha value is -3.15. The van der Waals surface area contributed by atoms with Crippen molar-refractivity contribution in [2.24, 2.45) is 5.41 Å². The minimum Gasteiger partial charge on any atom is -0.598 e. The van der Waals surface area contributed by atoms with Gasteiger partial charge in [0.25, 0.3) is 0 Å². The highest BCUT2D eigenvalue weighted by Crippen LogP contribution is 2.53. The Balaban J connectivity index is 1.33. The van der Waals surface area contributed by atoms with E-state index in [1.165, 1.54) is 23.3 Å². The Kier molecular flexibility index (Phi) is 6.82. The molecule has 41 heavy (non-hydrogen) atoms. The van der Waals surface area contributed by atoms with Crippen molar-refractivity contribution in [2.75, 3.05) is 18.0 Å². The smallest absolute Gasteiger partial charge is 0.433 e. The summed E-state index contributed by atoms with van der Waals surface area (Å²) in [5, 5.41) is 0. The summed E-state index contributed by atoms with van der Waals surface area (Å²) in [6, 6.07) is 11.3. The lowest BCUT2D eigenvalue weighted by Gasteiger charge is -2.44. The van der Waals surface area contributed by atoms with Gasteiger partial charge in [-0.05, 0) is 64.2 Å². The van der Waals surface area contributed by atoms with E-state index in [1.54, 1.807) is 23.7 Å². The topological polar surface area (TPSA) is 81.4 Å². The minimum atomic E-state index is -4.60. The van der Waals surface area contributed by atoms with Gasteiger partial charge in [-0.15, -0.1) is 4.72 Å². The maximum Gasteiger partial charge on any atom is 0.433 e. The molecule has 6 rings (SSSR count). The molecule has 0 bridgehead atoms. The molecule has 1 aromatic carbocycles. The van der Waals surface area contributed by atoms with Crippen LogP contribution in [0.1, 0.15) is 62.2 Å². The van der Waals surface area contributed by atoms with Crippen LogP contribution in [0.5, 0.6) is 0 Å². The number of fused-ring (bicyclic) bond motifs is 2. The zero-order chi connectivity index (χ0) is 29.2. The van der Waals surface area contributed by atoms with Crippen LogP contribution in [0, 0.1) is 12.3 Å². The highest BCUT2D eigenvalue weighted by Gasteiger charge is 2.50. The number of nitrogens with one attached hydrogen (secondary N) is 1. The molecule has 1 fully saturated rings. The van der Waals surface area contributed by atoms with Gasteiger partial charge in [0.05, 0.1) is 11.7 Å². The molecule has 1 saturated heterocycles. The van der Waals surface area contributed by atoms with Crippen LogP contribution in [0.3, 0.4) is 0 Å². The molecular weight excluding hydrogens is 549 g/mol. The monoisotopic (exact) mass is 582 g/mol. The van der Waals surface area contributed by atoms with Crippen molar-refractivity contribution in [1.82, 2.24) is 24.1 Å². The standard InChI is InChI=1S/C30H33F3N6OS/c1-19-23(22-10-7-13-34-25(22)30(31,32)33)26-35-14-17-39(26)27(36-19)38-15-11-29(12-16-38)18-20-8-5-6-9-21(20)24(29)37-41(40)28(2,3)4/h5-10,13-14,17,24,37H,11-12,15-16,18H2,1-4H3/t24-,41?/m1/s1. The lowest BCUT2D eigenvalue weighted by Crippen LogP contribution is -2.50. The van der Waals surface area contributed by atoms with E-state index in [-0.39, 0.29) is 17.0 Å². The van der Waals surface area contributed by atoms with Gasteiger partial charge >= 0.3 is 6.18 Å². The Morgan fingerprint density at radius 2 is 1.76 bits per heavy atom. The first-order valence-corrected chi connectivity index (χ1v) is 14.9. The lowest BCUT2D eigenvalue weighted by molar-refractivity contribution is -0.140. The van der Waals surface area contributed by atoms with Crippen LogP contribution in [-0.2, 0) is 24.0 Å². The van der Waals surface area contributed by atoms with E-state index in [9.17, 15) is 17.7 Å². The van der Waals surface area contributed by atoms with E-state index in [0.29, 0.717) is 35.9 Å². The molecule has 4 heterocycles. The summed E-state index contributed by atoms with van der Waals surface area (Å²) in [6.07, 6.45) is 2.48. The number of aromatic nitrogens is 4. The summed E-state index contributed by atoms with van der Waals surface area (Å²) in [5.74, 6) is 0.657. The molecule has 1 aliphatic carbocycles. The number of aryl methyl sites for hydroxylation is 1. The van der Waals surface area contributed by atoms with Gasteiger partial charge in [-0.2, -0.15) is 13.2 Å². The number of pyridine rings is 1. The van der Waals surface area contributed by atoms with Crippen LogP contribution in [0.2, 0.25) is 0 Å². The molecule has 1 unspecified atom stereocenters. The molecule has 216 valence electrons. The number of benzene rings is 1. The second-order valence-corrected chi connectivity index (χ2v) is 14.0. The molecular formula is C30H33F3N6OS. The van der Waals surface area contributed by atoms with Crippen molar-refractivity contribution >= 4 is 23.0 Å². The first-order chi connectivity index (χ1) is 19.4. The summed E-state index contributed by atoms with van der Waals surface area (Å²) in [4.78, 5) is 15.1. The molecule has 7 nitrogen and oxygen atoms in total. The van der Waals surface area contributed by atoms with Crippen LogP contribution in [0.25, 0.3) is 16.8 Å². The van der Waals surface area contributed by atoms with Crippen molar-refractivity contribution in [2.45, 2.75) is 63.9 Å². The molecule has 0 amide bonds. The van der Waals surface area contributed by atoms with Gasteiger partial charge in [-0.1, -0.05) is 30.3 Å².